The molecule has 2 amide bonds. The zero-order chi connectivity index (χ0) is 33.8. The van der Waals surface area contributed by atoms with Gasteiger partial charge < -0.3 is 10.1 Å². The van der Waals surface area contributed by atoms with Crippen molar-refractivity contribution in [3.8, 4) is 0 Å². The van der Waals surface area contributed by atoms with Gasteiger partial charge in [0.1, 0.15) is 0 Å². The minimum atomic E-state index is -0.121. The minimum Gasteiger partial charge on any atom is -0.468 e. The number of unbranched alkanes of at least 4 members (excludes halogenated alkanes) is 17. The van der Waals surface area contributed by atoms with E-state index in [9.17, 15) is 14.4 Å². The van der Waals surface area contributed by atoms with Gasteiger partial charge in [0, 0.05) is 33.4 Å². The predicted octanol–water partition coefficient (Wildman–Crippen LogP) is 11.1. The first-order chi connectivity index (χ1) is 23.7. The summed E-state index contributed by atoms with van der Waals surface area (Å²) in [6.45, 7) is 1.06. The van der Waals surface area contributed by atoms with E-state index < -0.39 is 0 Å². The van der Waals surface area contributed by atoms with Gasteiger partial charge >= 0.3 is 0 Å². The number of nitrogens with one attached hydrogen (secondary N) is 1. The molecular formula is C41H55BrN2O4. The molecule has 0 saturated carbocycles. The van der Waals surface area contributed by atoms with Crippen LogP contribution in [0, 0.1) is 0 Å². The fraction of sp³-hybridized carbons (Fsp3) is 0.537. The number of halogens is 1. The second kappa shape index (κ2) is 21.7. The van der Waals surface area contributed by atoms with Crippen LogP contribution in [0.2, 0.25) is 0 Å². The zero-order valence-electron chi connectivity index (χ0n) is 28.8. The van der Waals surface area contributed by atoms with Gasteiger partial charge in [0.15, 0.2) is 0 Å². The molecule has 0 aliphatic carbocycles. The maximum absolute atomic E-state index is 14.3. The lowest BCUT2D eigenvalue weighted by molar-refractivity contribution is -0.128. The van der Waals surface area contributed by atoms with Crippen molar-refractivity contribution >= 4 is 56.7 Å². The lowest BCUT2D eigenvalue weighted by Crippen LogP contribution is -2.28. The number of amides is 2. The van der Waals surface area contributed by atoms with Crippen LogP contribution in [0.25, 0.3) is 11.1 Å². The van der Waals surface area contributed by atoms with E-state index in [0.29, 0.717) is 25.1 Å². The van der Waals surface area contributed by atoms with Crippen LogP contribution in [0.5, 0.6) is 0 Å². The third-order valence-electron chi connectivity index (χ3n) is 9.53. The summed E-state index contributed by atoms with van der Waals surface area (Å²) in [5.41, 5.74) is 5.76. The molecule has 0 saturated heterocycles. The van der Waals surface area contributed by atoms with Crippen LogP contribution in [0.4, 0.5) is 11.4 Å². The van der Waals surface area contributed by atoms with Crippen molar-refractivity contribution in [1.82, 2.24) is 0 Å². The average Bonchev–Trinajstić information content (AvgIpc) is 3.58. The van der Waals surface area contributed by atoms with Crippen LogP contribution in [-0.4, -0.2) is 30.2 Å². The molecule has 2 aromatic rings. The topological polar surface area (TPSA) is 75.7 Å². The molecular weight excluding hydrogens is 664 g/mol. The van der Waals surface area contributed by atoms with Crippen molar-refractivity contribution in [2.45, 2.75) is 128 Å². The molecule has 0 atom stereocenters. The smallest absolute Gasteiger partial charge is 0.293 e. The minimum absolute atomic E-state index is 0.0158. The Morgan fingerprint density at radius 1 is 0.688 bits per heavy atom. The SMILES string of the molecule is O=COCCCCCCCCCCC/C=C1/C(=O)N(/C(CCCCCCCCCCCBr)=C2\C(=O)Nc3ccccc32)c2ccccc21. The Kier molecular flexibility index (Phi) is 17.0. The molecule has 7 heteroatoms. The molecule has 2 heterocycles. The molecule has 0 spiro atoms. The molecule has 0 fully saturated rings. The highest BCUT2D eigenvalue weighted by molar-refractivity contribution is 9.09. The predicted molar refractivity (Wildman–Crippen MR) is 202 cm³/mol. The first kappa shape index (κ1) is 37.6. The number of para-hydroxylation sites is 2. The summed E-state index contributed by atoms with van der Waals surface area (Å²) in [6, 6.07) is 15.9. The number of allylic oxidation sites excluding steroid dienone is 2. The monoisotopic (exact) mass is 718 g/mol. The van der Waals surface area contributed by atoms with Gasteiger partial charge in [-0.15, -0.1) is 0 Å². The Balaban J connectivity index is 1.37. The molecule has 0 aromatic heterocycles. The van der Waals surface area contributed by atoms with Crippen molar-refractivity contribution in [2.24, 2.45) is 0 Å². The number of alkyl halides is 1. The Bertz CT molecular complexity index is 1380. The average molecular weight is 720 g/mol. The number of hydrogen-bond donors (Lipinski definition) is 1. The Morgan fingerprint density at radius 3 is 1.92 bits per heavy atom. The second-order valence-corrected chi connectivity index (χ2v) is 13.9. The van der Waals surface area contributed by atoms with Gasteiger partial charge in [0.25, 0.3) is 18.3 Å². The van der Waals surface area contributed by atoms with Crippen LogP contribution in [0.15, 0.2) is 60.3 Å². The number of rotatable bonds is 25. The molecule has 260 valence electrons. The van der Waals surface area contributed by atoms with Crippen LogP contribution >= 0.6 is 15.9 Å². The normalized spacial score (nSPS) is 15.5. The number of hydrogen-bond acceptors (Lipinski definition) is 4. The lowest BCUT2D eigenvalue weighted by Gasteiger charge is -2.23. The van der Waals surface area contributed by atoms with E-state index in [0.717, 1.165) is 84.0 Å². The van der Waals surface area contributed by atoms with E-state index in [1.807, 2.05) is 53.4 Å². The number of ether oxygens (including phenoxy) is 1. The van der Waals surface area contributed by atoms with Crippen molar-refractivity contribution in [3.63, 3.8) is 0 Å². The van der Waals surface area contributed by atoms with Crippen LogP contribution in [-0.2, 0) is 19.1 Å². The summed E-state index contributed by atoms with van der Waals surface area (Å²) in [7, 11) is 0. The van der Waals surface area contributed by atoms with Crippen LogP contribution in [0.1, 0.15) is 140 Å². The summed E-state index contributed by atoms with van der Waals surface area (Å²) >= 11 is 3.52. The number of carbonyl (C=O) groups excluding carboxylic acids is 3. The molecule has 2 aliphatic rings. The van der Waals surface area contributed by atoms with Crippen LogP contribution in [0.3, 0.4) is 0 Å². The molecule has 4 rings (SSSR count). The van der Waals surface area contributed by atoms with Gasteiger partial charge in [-0.3, -0.25) is 19.3 Å². The highest BCUT2D eigenvalue weighted by Gasteiger charge is 2.38. The molecule has 48 heavy (non-hydrogen) atoms. The standard InChI is InChI=1S/C41H55BrN2O4/c42-30-22-14-10-6-3-5-9-13-17-29-38(39-35-26-18-20-27-36(35)43-40(39)46)44-37-28-21-19-24-33(37)34(41(44)47)25-16-12-8-4-1-2-7-11-15-23-31-48-32-45/h18-21,24-28,32H,1-17,22-23,29-31H2,(H,43,46)/b34-25+,39-38-. The number of benzene rings is 2. The molecule has 6 nitrogen and oxygen atoms in total. The Hall–Kier alpha value is -3.19. The van der Waals surface area contributed by atoms with E-state index >= 15 is 0 Å². The molecule has 0 unspecified atom stereocenters. The van der Waals surface area contributed by atoms with E-state index in [2.05, 4.69) is 27.3 Å². The lowest BCUT2D eigenvalue weighted by atomic mass is 9.99. The first-order valence-electron chi connectivity index (χ1n) is 18.6. The number of nitrogens with zero attached hydrogens (tertiary/aromatic N) is 1. The number of carbonyl (C=O) groups is 3. The van der Waals surface area contributed by atoms with Crippen molar-refractivity contribution in [1.29, 1.82) is 0 Å². The maximum atomic E-state index is 14.3. The van der Waals surface area contributed by atoms with E-state index in [1.54, 1.807) is 0 Å². The summed E-state index contributed by atoms with van der Waals surface area (Å²) < 4.78 is 4.75. The molecule has 2 aliphatic heterocycles. The third-order valence-corrected chi connectivity index (χ3v) is 10.1. The molecule has 0 bridgehead atoms. The second-order valence-electron chi connectivity index (χ2n) is 13.2. The molecule has 2 aromatic carbocycles. The van der Waals surface area contributed by atoms with Gasteiger partial charge in [-0.05, 0) is 50.7 Å². The van der Waals surface area contributed by atoms with E-state index in [1.165, 1.54) is 77.0 Å². The van der Waals surface area contributed by atoms with Crippen molar-refractivity contribution in [3.05, 3.63) is 71.4 Å². The Morgan fingerprint density at radius 2 is 1.25 bits per heavy atom. The highest BCUT2D eigenvalue weighted by Crippen LogP contribution is 2.44. The summed E-state index contributed by atoms with van der Waals surface area (Å²) in [6.07, 6.45) is 24.9. The maximum Gasteiger partial charge on any atom is 0.293 e. The third kappa shape index (κ3) is 11.2. The fourth-order valence-electron chi connectivity index (χ4n) is 6.95. The van der Waals surface area contributed by atoms with Crippen molar-refractivity contribution in [2.75, 3.05) is 22.2 Å². The van der Waals surface area contributed by atoms with Gasteiger partial charge in [0.05, 0.1) is 17.9 Å². The van der Waals surface area contributed by atoms with E-state index in [4.69, 9.17) is 4.74 Å². The van der Waals surface area contributed by atoms with Gasteiger partial charge in [-0.25, -0.2) is 0 Å². The van der Waals surface area contributed by atoms with Gasteiger partial charge in [-0.2, -0.15) is 0 Å². The molecule has 1 N–H and O–H groups in total. The zero-order valence-corrected chi connectivity index (χ0v) is 30.4. The summed E-state index contributed by atoms with van der Waals surface area (Å²) in [5, 5.41) is 4.15. The van der Waals surface area contributed by atoms with Gasteiger partial charge in [0.2, 0.25) is 0 Å². The largest absolute Gasteiger partial charge is 0.468 e. The number of fused-ring (bicyclic) bond motifs is 2. The fourth-order valence-corrected chi connectivity index (χ4v) is 7.34. The van der Waals surface area contributed by atoms with Gasteiger partial charge in [-0.1, -0.05) is 148 Å². The first-order valence-corrected chi connectivity index (χ1v) is 19.7. The van der Waals surface area contributed by atoms with Crippen molar-refractivity contribution < 1.29 is 19.1 Å². The quantitative estimate of drug-likeness (QED) is 0.0480. The van der Waals surface area contributed by atoms with E-state index in [-0.39, 0.29) is 11.8 Å². The molecule has 0 radical (unpaired) electrons. The Labute approximate surface area is 296 Å². The summed E-state index contributed by atoms with van der Waals surface area (Å²) in [5.74, 6) is -0.137. The number of anilines is 2. The highest BCUT2D eigenvalue weighted by atomic mass is 79.9. The van der Waals surface area contributed by atoms with Crippen LogP contribution < -0.4 is 10.2 Å². The summed E-state index contributed by atoms with van der Waals surface area (Å²) in [4.78, 5) is 39.8.